The normalized spacial score (nSPS) is 19.5. The maximum absolute atomic E-state index is 14.7. The fourth-order valence-electron chi connectivity index (χ4n) is 4.68. The van der Waals surface area contributed by atoms with Crippen molar-refractivity contribution in [3.05, 3.63) is 101 Å². The van der Waals surface area contributed by atoms with Crippen molar-refractivity contribution in [1.82, 2.24) is 19.9 Å². The summed E-state index contributed by atoms with van der Waals surface area (Å²) in [6.07, 6.45) is 7.48. The fourth-order valence-corrected chi connectivity index (χ4v) is 4.68. The van der Waals surface area contributed by atoms with Crippen LogP contribution in [0.15, 0.2) is 61.2 Å². The molecule has 1 saturated carbocycles. The summed E-state index contributed by atoms with van der Waals surface area (Å²) >= 11 is 0. The second-order valence-corrected chi connectivity index (χ2v) is 8.97. The number of nitrogens with zero attached hydrogens (tertiary/aromatic N) is 5. The van der Waals surface area contributed by atoms with Crippen molar-refractivity contribution in [1.29, 1.82) is 0 Å². The molecule has 1 saturated heterocycles. The highest BCUT2D eigenvalue weighted by Crippen LogP contribution is 2.55. The van der Waals surface area contributed by atoms with Gasteiger partial charge in [0.1, 0.15) is 0 Å². The van der Waals surface area contributed by atoms with E-state index in [1.54, 1.807) is 41.8 Å². The molecule has 2 fully saturated rings. The van der Waals surface area contributed by atoms with Crippen molar-refractivity contribution in [2.45, 2.75) is 24.2 Å². The fraction of sp³-hybridized carbons (Fsp3) is 0.231. The molecule has 0 N–H and O–H groups in total. The number of hydrogen-bond donors (Lipinski definition) is 0. The highest BCUT2D eigenvalue weighted by Gasteiger charge is 2.41. The van der Waals surface area contributed by atoms with Crippen molar-refractivity contribution < 1.29 is 17.6 Å². The van der Waals surface area contributed by atoms with Crippen LogP contribution in [0.3, 0.4) is 0 Å². The zero-order valence-electron chi connectivity index (χ0n) is 18.4. The highest BCUT2D eigenvalue weighted by atomic mass is 19.2. The third-order valence-electron chi connectivity index (χ3n) is 6.75. The summed E-state index contributed by atoms with van der Waals surface area (Å²) < 4.78 is 55.9. The zero-order valence-corrected chi connectivity index (χ0v) is 18.4. The Kier molecular flexibility index (Phi) is 5.20. The summed E-state index contributed by atoms with van der Waals surface area (Å²) in [5.74, 6) is -2.67. The molecule has 35 heavy (non-hydrogen) atoms. The summed E-state index contributed by atoms with van der Waals surface area (Å²) in [6, 6.07) is 8.44. The van der Waals surface area contributed by atoms with Gasteiger partial charge in [-0.25, -0.2) is 37.5 Å². The smallest absolute Gasteiger partial charge is 0.197 e. The monoisotopic (exact) mass is 477 g/mol. The molecule has 1 aliphatic heterocycles. The summed E-state index contributed by atoms with van der Waals surface area (Å²) in [6.45, 7) is 0.797. The first kappa shape index (κ1) is 21.6. The Morgan fingerprint density at radius 1 is 0.686 bits per heavy atom. The molecule has 0 radical (unpaired) electrons. The molecule has 2 aliphatic rings. The third kappa shape index (κ3) is 4.00. The minimum atomic E-state index is -0.909. The van der Waals surface area contributed by atoms with Crippen LogP contribution in [0.4, 0.5) is 23.2 Å². The van der Waals surface area contributed by atoms with Gasteiger partial charge in [-0.15, -0.1) is 0 Å². The van der Waals surface area contributed by atoms with Gasteiger partial charge in [-0.05, 0) is 65.3 Å². The predicted octanol–water partition coefficient (Wildman–Crippen LogP) is 5.36. The standard InChI is InChI=1S/C26H19F4N5/c27-20-3-2-14(6-21(20)28)17-12-35(13-17)23-8-15(7-22(29)24(23)30)18-9-19(18)16-10-33-26(34-11-16)25-31-4-1-5-32-25/h1-8,10-11,17-19H,9,12-13H2/t18-,19+/m1/s1. The molecule has 1 aliphatic carbocycles. The van der Waals surface area contributed by atoms with Gasteiger partial charge in [0.05, 0.1) is 5.69 Å². The van der Waals surface area contributed by atoms with Crippen molar-refractivity contribution in [3.8, 4) is 11.6 Å². The molecule has 2 aromatic heterocycles. The van der Waals surface area contributed by atoms with Gasteiger partial charge in [-0.1, -0.05) is 6.07 Å². The Bertz CT molecular complexity index is 1390. The van der Waals surface area contributed by atoms with Gasteiger partial charge >= 0.3 is 0 Å². The molecule has 4 aromatic rings. The van der Waals surface area contributed by atoms with Crippen LogP contribution in [-0.4, -0.2) is 33.0 Å². The highest BCUT2D eigenvalue weighted by molar-refractivity contribution is 5.56. The summed E-state index contributed by atoms with van der Waals surface area (Å²) in [5, 5.41) is 0. The van der Waals surface area contributed by atoms with Gasteiger partial charge in [-0.2, -0.15) is 0 Å². The van der Waals surface area contributed by atoms with Crippen molar-refractivity contribution in [2.24, 2.45) is 0 Å². The van der Waals surface area contributed by atoms with Gasteiger partial charge in [0, 0.05) is 43.8 Å². The molecule has 2 atom stereocenters. The minimum absolute atomic E-state index is 0.0366. The molecule has 3 heterocycles. The molecule has 0 bridgehead atoms. The summed E-state index contributed by atoms with van der Waals surface area (Å²) in [7, 11) is 0. The minimum Gasteiger partial charge on any atom is -0.368 e. The van der Waals surface area contributed by atoms with Gasteiger partial charge in [0.2, 0.25) is 0 Å². The molecule has 0 amide bonds. The van der Waals surface area contributed by atoms with E-state index in [-0.39, 0.29) is 23.4 Å². The number of halogens is 4. The summed E-state index contributed by atoms with van der Waals surface area (Å²) in [5.41, 5.74) is 2.47. The van der Waals surface area contributed by atoms with E-state index < -0.39 is 23.3 Å². The van der Waals surface area contributed by atoms with Gasteiger partial charge in [0.15, 0.2) is 34.9 Å². The first-order chi connectivity index (χ1) is 17.0. The van der Waals surface area contributed by atoms with E-state index in [0.29, 0.717) is 30.3 Å². The van der Waals surface area contributed by atoms with E-state index in [9.17, 15) is 17.6 Å². The number of hydrogen-bond acceptors (Lipinski definition) is 5. The van der Waals surface area contributed by atoms with Crippen LogP contribution in [0.5, 0.6) is 0 Å². The van der Waals surface area contributed by atoms with Crippen LogP contribution in [0.2, 0.25) is 0 Å². The number of anilines is 1. The van der Waals surface area contributed by atoms with Crippen LogP contribution in [-0.2, 0) is 0 Å². The average molecular weight is 477 g/mol. The zero-order chi connectivity index (χ0) is 24.1. The molecule has 176 valence electrons. The molecule has 0 spiro atoms. The lowest BCUT2D eigenvalue weighted by molar-refractivity contribution is 0.471. The topological polar surface area (TPSA) is 54.8 Å². The Morgan fingerprint density at radius 2 is 1.34 bits per heavy atom. The number of rotatable bonds is 5. The average Bonchev–Trinajstić information content (AvgIpc) is 3.65. The van der Waals surface area contributed by atoms with Gasteiger partial charge in [-0.3, -0.25) is 0 Å². The lowest BCUT2D eigenvalue weighted by Gasteiger charge is -2.41. The molecular formula is C26H19F4N5. The number of benzene rings is 2. The Morgan fingerprint density at radius 3 is 2.06 bits per heavy atom. The van der Waals surface area contributed by atoms with Crippen molar-refractivity contribution in [2.75, 3.05) is 18.0 Å². The molecule has 2 aromatic carbocycles. The molecular weight excluding hydrogens is 458 g/mol. The summed E-state index contributed by atoms with van der Waals surface area (Å²) in [4.78, 5) is 18.7. The van der Waals surface area contributed by atoms with Crippen molar-refractivity contribution >= 4 is 5.69 Å². The molecule has 0 unspecified atom stereocenters. The van der Waals surface area contributed by atoms with E-state index in [1.165, 1.54) is 12.1 Å². The van der Waals surface area contributed by atoms with Crippen LogP contribution in [0.1, 0.15) is 40.9 Å². The van der Waals surface area contributed by atoms with Crippen LogP contribution in [0, 0.1) is 23.3 Å². The van der Waals surface area contributed by atoms with E-state index in [1.807, 2.05) is 0 Å². The third-order valence-corrected chi connectivity index (χ3v) is 6.75. The molecule has 5 nitrogen and oxygen atoms in total. The quantitative estimate of drug-likeness (QED) is 0.362. The second kappa shape index (κ2) is 8.41. The van der Waals surface area contributed by atoms with Gasteiger partial charge in [0.25, 0.3) is 0 Å². The van der Waals surface area contributed by atoms with E-state index in [2.05, 4.69) is 19.9 Å². The van der Waals surface area contributed by atoms with Crippen molar-refractivity contribution in [3.63, 3.8) is 0 Å². The van der Waals surface area contributed by atoms with Crippen LogP contribution < -0.4 is 4.90 Å². The first-order valence-corrected chi connectivity index (χ1v) is 11.3. The lowest BCUT2D eigenvalue weighted by Crippen LogP contribution is -2.45. The molecule has 9 heteroatoms. The maximum Gasteiger partial charge on any atom is 0.197 e. The van der Waals surface area contributed by atoms with E-state index in [0.717, 1.165) is 29.7 Å². The van der Waals surface area contributed by atoms with Crippen LogP contribution in [0.25, 0.3) is 11.6 Å². The van der Waals surface area contributed by atoms with E-state index in [4.69, 9.17) is 0 Å². The first-order valence-electron chi connectivity index (χ1n) is 11.3. The Balaban J connectivity index is 1.17. The SMILES string of the molecule is Fc1ccc(C2CN(c3cc([C@H]4C[C@H]4c4cnc(-c5ncccn5)nc4)cc(F)c3F)C2)cc1F. The maximum atomic E-state index is 14.7. The second-order valence-electron chi connectivity index (χ2n) is 8.97. The van der Waals surface area contributed by atoms with E-state index >= 15 is 0 Å². The van der Waals surface area contributed by atoms with Gasteiger partial charge < -0.3 is 4.90 Å². The largest absolute Gasteiger partial charge is 0.368 e. The number of aromatic nitrogens is 4. The lowest BCUT2D eigenvalue weighted by atomic mass is 9.90. The Labute approximate surface area is 198 Å². The Hall–Kier alpha value is -3.88. The van der Waals surface area contributed by atoms with Crippen LogP contribution >= 0.6 is 0 Å². The predicted molar refractivity (Wildman–Crippen MR) is 121 cm³/mol. The molecule has 6 rings (SSSR count).